The van der Waals surface area contributed by atoms with Gasteiger partial charge in [-0.3, -0.25) is 0 Å². The number of nitrogens with zero attached hydrogens (tertiary/aromatic N) is 2. The second kappa shape index (κ2) is 6.73. The number of fused-ring (bicyclic) bond motifs is 6. The topological polar surface area (TPSA) is 55.2 Å². The highest BCUT2D eigenvalue weighted by molar-refractivity contribution is 7.99. The van der Waals surface area contributed by atoms with Crippen LogP contribution in [0.1, 0.15) is 5.56 Å². The molecule has 0 atom stereocenters. The van der Waals surface area contributed by atoms with Crippen LogP contribution in [0.2, 0.25) is 0 Å². The molecule has 0 aliphatic carbocycles. The molecule has 0 fully saturated rings. The van der Waals surface area contributed by atoms with Crippen molar-refractivity contribution in [3.8, 4) is 17.2 Å². The van der Waals surface area contributed by atoms with Crippen LogP contribution in [0.15, 0.2) is 98.8 Å². The summed E-state index contributed by atoms with van der Waals surface area (Å²) in [5.41, 5.74) is 4.73. The number of benzene rings is 4. The highest BCUT2D eigenvalue weighted by Gasteiger charge is 2.24. The SMILES string of the molecule is C1=NOc2ccc3c(c2=C1c1cccc2c1Nc1ccccc1O2)=Nc1ccccc1S3. The van der Waals surface area contributed by atoms with E-state index in [1.165, 1.54) is 0 Å². The molecule has 32 heavy (non-hydrogen) atoms. The molecule has 152 valence electrons. The molecule has 5 nitrogen and oxygen atoms in total. The molecular weight excluding hydrogens is 418 g/mol. The summed E-state index contributed by atoms with van der Waals surface area (Å²) in [5.74, 6) is 2.28. The van der Waals surface area contributed by atoms with Crippen LogP contribution in [0, 0.1) is 0 Å². The van der Waals surface area contributed by atoms with Crippen LogP contribution in [0.4, 0.5) is 17.1 Å². The lowest BCUT2D eigenvalue weighted by atomic mass is 9.99. The monoisotopic (exact) mass is 433 g/mol. The van der Waals surface area contributed by atoms with E-state index in [2.05, 4.69) is 28.7 Å². The van der Waals surface area contributed by atoms with Crippen LogP contribution >= 0.6 is 11.8 Å². The zero-order valence-electron chi connectivity index (χ0n) is 16.7. The van der Waals surface area contributed by atoms with Crippen molar-refractivity contribution in [2.24, 2.45) is 10.1 Å². The summed E-state index contributed by atoms with van der Waals surface area (Å²) in [7, 11) is 0. The molecule has 0 bridgehead atoms. The van der Waals surface area contributed by atoms with Gasteiger partial charge in [0, 0.05) is 20.9 Å². The van der Waals surface area contributed by atoms with Gasteiger partial charge in [-0.1, -0.05) is 53.3 Å². The second-order valence-electron chi connectivity index (χ2n) is 7.61. The van der Waals surface area contributed by atoms with Gasteiger partial charge in [0.15, 0.2) is 17.2 Å². The molecule has 7 rings (SSSR count). The first-order chi connectivity index (χ1) is 15.8. The Morgan fingerprint density at radius 2 is 1.62 bits per heavy atom. The lowest BCUT2D eigenvalue weighted by Crippen LogP contribution is -2.34. The van der Waals surface area contributed by atoms with E-state index in [-0.39, 0.29) is 0 Å². The van der Waals surface area contributed by atoms with Gasteiger partial charge in [0.05, 0.1) is 33.9 Å². The van der Waals surface area contributed by atoms with Gasteiger partial charge in [-0.15, -0.1) is 0 Å². The van der Waals surface area contributed by atoms with Crippen molar-refractivity contribution >= 4 is 40.6 Å². The number of nitrogens with one attached hydrogen (secondary N) is 1. The van der Waals surface area contributed by atoms with Crippen molar-refractivity contribution in [3.05, 3.63) is 95.0 Å². The lowest BCUT2D eigenvalue weighted by Gasteiger charge is -2.24. The summed E-state index contributed by atoms with van der Waals surface area (Å²) in [5, 5.41) is 9.58. The Morgan fingerprint density at radius 1 is 0.750 bits per heavy atom. The van der Waals surface area contributed by atoms with Gasteiger partial charge in [0.1, 0.15) is 0 Å². The number of oxime groups is 1. The largest absolute Gasteiger partial charge is 0.453 e. The van der Waals surface area contributed by atoms with Gasteiger partial charge >= 0.3 is 0 Å². The third-order valence-corrected chi connectivity index (χ3v) is 6.82. The predicted octanol–water partition coefficient (Wildman–Crippen LogP) is 5.53. The molecule has 0 saturated carbocycles. The van der Waals surface area contributed by atoms with E-state index in [1.54, 1.807) is 18.0 Å². The third-order valence-electron chi connectivity index (χ3n) is 5.71. The fourth-order valence-corrected chi connectivity index (χ4v) is 5.23. The van der Waals surface area contributed by atoms with E-state index in [0.29, 0.717) is 5.75 Å². The normalized spacial score (nSPS) is 14.3. The van der Waals surface area contributed by atoms with Crippen molar-refractivity contribution in [2.45, 2.75) is 9.79 Å². The number of rotatable bonds is 1. The molecule has 0 aromatic heterocycles. The summed E-state index contributed by atoms with van der Waals surface area (Å²) >= 11 is 1.72. The average molecular weight is 433 g/mol. The van der Waals surface area contributed by atoms with E-state index in [9.17, 15) is 0 Å². The summed E-state index contributed by atoms with van der Waals surface area (Å²) in [6, 6.07) is 26.2. The quantitative estimate of drug-likeness (QED) is 0.371. The third kappa shape index (κ3) is 2.60. The van der Waals surface area contributed by atoms with E-state index >= 15 is 0 Å². The molecular formula is C26H15N3O2S. The second-order valence-corrected chi connectivity index (χ2v) is 8.69. The first kappa shape index (κ1) is 17.6. The van der Waals surface area contributed by atoms with Crippen LogP contribution in [0.25, 0.3) is 5.57 Å². The van der Waals surface area contributed by atoms with Crippen molar-refractivity contribution in [3.63, 3.8) is 0 Å². The van der Waals surface area contributed by atoms with Crippen molar-refractivity contribution in [1.82, 2.24) is 0 Å². The van der Waals surface area contributed by atoms with Crippen LogP contribution in [0.3, 0.4) is 0 Å². The summed E-state index contributed by atoms with van der Waals surface area (Å²) in [4.78, 5) is 12.9. The fourth-order valence-electron chi connectivity index (χ4n) is 4.24. The standard InChI is InChI=1S/C26H15N3O2S/c1-3-9-19-17(7-1)28-25-15(6-5-10-21(25)30-19)16-14-27-31-20-12-13-23-26(24(16)20)29-18-8-2-4-11-22(18)32-23/h1-14,28H. The van der Waals surface area contributed by atoms with Gasteiger partial charge in [-0.05, 0) is 42.5 Å². The summed E-state index contributed by atoms with van der Waals surface area (Å²) in [6.45, 7) is 0. The number of anilines is 2. The number of ether oxygens (including phenoxy) is 1. The predicted molar refractivity (Wildman–Crippen MR) is 125 cm³/mol. The fraction of sp³-hybridized carbons (Fsp3) is 0. The molecule has 1 N–H and O–H groups in total. The van der Waals surface area contributed by atoms with Crippen molar-refractivity contribution < 1.29 is 9.57 Å². The van der Waals surface area contributed by atoms with E-state index in [4.69, 9.17) is 14.6 Å². The average Bonchev–Trinajstić information content (AvgIpc) is 2.85. The van der Waals surface area contributed by atoms with Gasteiger partial charge < -0.3 is 14.9 Å². The highest BCUT2D eigenvalue weighted by atomic mass is 32.2. The Balaban J connectivity index is 1.53. The molecule has 0 radical (unpaired) electrons. The molecule has 0 unspecified atom stereocenters. The number of para-hydroxylation sites is 4. The van der Waals surface area contributed by atoms with Crippen LogP contribution in [-0.4, -0.2) is 6.21 Å². The zero-order chi connectivity index (χ0) is 21.1. The Labute approximate surface area is 187 Å². The minimum atomic E-state index is 0.694. The lowest BCUT2D eigenvalue weighted by molar-refractivity contribution is 0.338. The molecule has 4 aromatic carbocycles. The van der Waals surface area contributed by atoms with Gasteiger partial charge in [0.25, 0.3) is 0 Å². The maximum atomic E-state index is 6.18. The maximum absolute atomic E-state index is 6.18. The Kier molecular flexibility index (Phi) is 3.71. The highest BCUT2D eigenvalue weighted by Crippen LogP contribution is 2.45. The maximum Gasteiger partial charge on any atom is 0.168 e. The van der Waals surface area contributed by atoms with Gasteiger partial charge in [-0.25, -0.2) is 4.99 Å². The van der Waals surface area contributed by atoms with Crippen LogP contribution < -0.4 is 25.5 Å². The zero-order valence-corrected chi connectivity index (χ0v) is 17.5. The summed E-state index contributed by atoms with van der Waals surface area (Å²) < 4.78 is 6.18. The van der Waals surface area contributed by atoms with Gasteiger partial charge in [0.2, 0.25) is 0 Å². The van der Waals surface area contributed by atoms with E-state index < -0.39 is 0 Å². The number of hydrogen-bond acceptors (Lipinski definition) is 6. The summed E-state index contributed by atoms with van der Waals surface area (Å²) in [6.07, 6.45) is 1.76. The Morgan fingerprint density at radius 3 is 2.62 bits per heavy atom. The van der Waals surface area contributed by atoms with E-state index in [0.717, 1.165) is 60.1 Å². The van der Waals surface area contributed by atoms with Crippen LogP contribution in [-0.2, 0) is 0 Å². The molecule has 4 aromatic rings. The smallest absolute Gasteiger partial charge is 0.168 e. The number of hydrogen-bond donors (Lipinski definition) is 1. The molecule has 0 amide bonds. The van der Waals surface area contributed by atoms with Gasteiger partial charge in [-0.2, -0.15) is 0 Å². The molecule has 3 aliphatic rings. The van der Waals surface area contributed by atoms with Crippen LogP contribution in [0.5, 0.6) is 17.2 Å². The van der Waals surface area contributed by atoms with Crippen molar-refractivity contribution in [1.29, 1.82) is 0 Å². The Hall–Kier alpha value is -4.03. The van der Waals surface area contributed by atoms with E-state index in [1.807, 2.05) is 60.7 Å². The molecule has 3 aliphatic heterocycles. The first-order valence-electron chi connectivity index (χ1n) is 10.3. The minimum Gasteiger partial charge on any atom is -0.453 e. The Bertz CT molecular complexity index is 1590. The first-order valence-corrected chi connectivity index (χ1v) is 11.1. The minimum absolute atomic E-state index is 0.694. The molecule has 0 saturated heterocycles. The van der Waals surface area contributed by atoms with Crippen molar-refractivity contribution in [2.75, 3.05) is 5.32 Å². The molecule has 0 spiro atoms. The molecule has 6 heteroatoms. The molecule has 3 heterocycles.